The van der Waals surface area contributed by atoms with E-state index in [1.165, 1.54) is 17.2 Å². The number of methoxy groups -OCH3 is 1. The van der Waals surface area contributed by atoms with E-state index in [0.717, 1.165) is 7.11 Å². The second-order valence-electron chi connectivity index (χ2n) is 4.15. The fourth-order valence-electron chi connectivity index (χ4n) is 2.01. The largest absolute Gasteiger partial charge is 0.388 e. The Labute approximate surface area is 102 Å². The van der Waals surface area contributed by atoms with Gasteiger partial charge in [0.25, 0.3) is 5.92 Å². The van der Waals surface area contributed by atoms with Crippen LogP contribution in [-0.2, 0) is 4.74 Å². The average molecular weight is 260 g/mol. The number of hydrogen-bond acceptors (Lipinski definition) is 6. The third kappa shape index (κ3) is 2.34. The van der Waals surface area contributed by atoms with E-state index in [1.807, 2.05) is 0 Å². The Hall–Kier alpha value is -1.54. The first-order valence-electron chi connectivity index (χ1n) is 5.36. The van der Waals surface area contributed by atoms with E-state index < -0.39 is 24.7 Å². The molecule has 1 aromatic heterocycles. The number of aliphatic hydroxyl groups excluding tert-OH is 1. The van der Waals surface area contributed by atoms with Crippen molar-refractivity contribution in [2.75, 3.05) is 30.8 Å². The maximum absolute atomic E-state index is 13.7. The Morgan fingerprint density at radius 3 is 2.89 bits per heavy atom. The highest BCUT2D eigenvalue weighted by molar-refractivity contribution is 5.39. The van der Waals surface area contributed by atoms with Gasteiger partial charge in [0.1, 0.15) is 18.0 Å². The monoisotopic (exact) mass is 260 g/mol. The number of aliphatic hydroxyl groups is 1. The van der Waals surface area contributed by atoms with Gasteiger partial charge in [0, 0.05) is 19.9 Å². The van der Waals surface area contributed by atoms with Gasteiger partial charge in [-0.1, -0.05) is 0 Å². The fraction of sp³-hybridized carbons (Fsp3) is 0.600. The third-order valence-electron chi connectivity index (χ3n) is 2.78. The molecule has 0 bridgehead atoms. The number of nitrogens with two attached hydrogens (primary N) is 1. The number of β-amino-alcohol motifs (C(OH)–C–C–N with tert-alkyl or cyclic N) is 1. The normalized spacial score (nSPS) is 27.2. The predicted octanol–water partition coefficient (Wildman–Crippen LogP) is -0.110. The van der Waals surface area contributed by atoms with Crippen LogP contribution >= 0.6 is 0 Å². The predicted molar refractivity (Wildman–Crippen MR) is 60.4 cm³/mol. The number of halogens is 2. The minimum atomic E-state index is -3.18. The highest BCUT2D eigenvalue weighted by atomic mass is 19.3. The summed E-state index contributed by atoms with van der Waals surface area (Å²) >= 11 is 0. The highest BCUT2D eigenvalue weighted by Gasteiger charge is 2.50. The number of piperidine rings is 1. The van der Waals surface area contributed by atoms with Gasteiger partial charge in [0.15, 0.2) is 0 Å². The van der Waals surface area contributed by atoms with Crippen molar-refractivity contribution in [2.45, 2.75) is 18.1 Å². The van der Waals surface area contributed by atoms with Gasteiger partial charge in [-0.3, -0.25) is 0 Å². The first-order chi connectivity index (χ1) is 8.44. The Morgan fingerprint density at radius 1 is 1.61 bits per heavy atom. The van der Waals surface area contributed by atoms with Crippen molar-refractivity contribution >= 4 is 11.8 Å². The van der Waals surface area contributed by atoms with Crippen LogP contribution in [0.25, 0.3) is 0 Å². The molecule has 1 saturated heterocycles. The first-order valence-corrected chi connectivity index (χ1v) is 5.36. The average Bonchev–Trinajstić information content (AvgIpc) is 2.27. The number of anilines is 2. The first kappa shape index (κ1) is 12.9. The molecule has 0 aliphatic carbocycles. The summed E-state index contributed by atoms with van der Waals surface area (Å²) in [6, 6.07) is 1.46. The second-order valence-corrected chi connectivity index (χ2v) is 4.15. The zero-order valence-corrected chi connectivity index (χ0v) is 9.75. The molecule has 2 unspecified atom stereocenters. The number of rotatable bonds is 2. The van der Waals surface area contributed by atoms with Gasteiger partial charge in [-0.2, -0.15) is 4.98 Å². The van der Waals surface area contributed by atoms with Crippen molar-refractivity contribution in [2.24, 2.45) is 0 Å². The molecule has 0 radical (unpaired) electrons. The maximum atomic E-state index is 13.7. The molecule has 6 nitrogen and oxygen atoms in total. The SMILES string of the molecule is COC1C(O)CN(c2nccc(N)n2)CC1(F)F. The summed E-state index contributed by atoms with van der Waals surface area (Å²) in [6.45, 7) is -0.649. The lowest BCUT2D eigenvalue weighted by Gasteiger charge is -2.40. The van der Waals surface area contributed by atoms with Crippen LogP contribution < -0.4 is 10.6 Å². The fourth-order valence-corrected chi connectivity index (χ4v) is 2.01. The molecular formula is C10H14F2N4O2. The van der Waals surface area contributed by atoms with Crippen LogP contribution in [0.2, 0.25) is 0 Å². The van der Waals surface area contributed by atoms with Crippen LogP contribution in [0.5, 0.6) is 0 Å². The van der Waals surface area contributed by atoms with Crippen molar-refractivity contribution in [3.8, 4) is 0 Å². The third-order valence-corrected chi connectivity index (χ3v) is 2.78. The Morgan fingerprint density at radius 2 is 2.33 bits per heavy atom. The summed E-state index contributed by atoms with van der Waals surface area (Å²) in [7, 11) is 1.15. The van der Waals surface area contributed by atoms with E-state index in [-0.39, 0.29) is 18.3 Å². The van der Waals surface area contributed by atoms with E-state index >= 15 is 0 Å². The van der Waals surface area contributed by atoms with Gasteiger partial charge >= 0.3 is 0 Å². The van der Waals surface area contributed by atoms with Gasteiger partial charge in [0.05, 0.1) is 6.54 Å². The summed E-state index contributed by atoms with van der Waals surface area (Å²) in [5.41, 5.74) is 5.47. The van der Waals surface area contributed by atoms with Gasteiger partial charge in [-0.05, 0) is 6.07 Å². The smallest absolute Gasteiger partial charge is 0.293 e. The molecule has 0 amide bonds. The number of aromatic nitrogens is 2. The Balaban J connectivity index is 2.23. The summed E-state index contributed by atoms with van der Waals surface area (Å²) in [5.74, 6) is -2.92. The quantitative estimate of drug-likeness (QED) is 0.772. The lowest BCUT2D eigenvalue weighted by molar-refractivity contribution is -0.171. The van der Waals surface area contributed by atoms with E-state index in [0.29, 0.717) is 0 Å². The molecular weight excluding hydrogens is 246 g/mol. The summed E-state index contributed by atoms with van der Waals surface area (Å²) in [6.07, 6.45) is -1.46. The van der Waals surface area contributed by atoms with Crippen LogP contribution in [-0.4, -0.2) is 53.4 Å². The maximum Gasteiger partial charge on any atom is 0.293 e. The molecule has 0 spiro atoms. The van der Waals surface area contributed by atoms with Gasteiger partial charge in [-0.15, -0.1) is 0 Å². The molecule has 18 heavy (non-hydrogen) atoms. The van der Waals surface area contributed by atoms with Crippen LogP contribution in [0.1, 0.15) is 0 Å². The molecule has 100 valence electrons. The molecule has 0 saturated carbocycles. The van der Waals surface area contributed by atoms with Crippen LogP contribution in [0.4, 0.5) is 20.5 Å². The standard InChI is InChI=1S/C10H14F2N4O2/c1-18-8-6(17)4-16(5-10(8,11)12)9-14-3-2-7(13)15-9/h2-3,6,8,17H,4-5H2,1H3,(H2,13,14,15). The minimum Gasteiger partial charge on any atom is -0.388 e. The van der Waals surface area contributed by atoms with Crippen LogP contribution in [0.15, 0.2) is 12.3 Å². The topological polar surface area (TPSA) is 84.5 Å². The molecule has 3 N–H and O–H groups in total. The molecule has 1 fully saturated rings. The number of ether oxygens (including phenoxy) is 1. The van der Waals surface area contributed by atoms with E-state index in [2.05, 4.69) is 14.7 Å². The number of nitrogen functional groups attached to an aromatic ring is 1. The molecule has 8 heteroatoms. The van der Waals surface area contributed by atoms with Crippen molar-refractivity contribution < 1.29 is 18.6 Å². The van der Waals surface area contributed by atoms with Crippen molar-refractivity contribution in [3.63, 3.8) is 0 Å². The zero-order valence-electron chi connectivity index (χ0n) is 9.75. The number of nitrogens with zero attached hydrogens (tertiary/aromatic N) is 3. The highest BCUT2D eigenvalue weighted by Crippen LogP contribution is 2.31. The van der Waals surface area contributed by atoms with Crippen molar-refractivity contribution in [3.05, 3.63) is 12.3 Å². The molecule has 1 aliphatic heterocycles. The van der Waals surface area contributed by atoms with E-state index in [1.54, 1.807) is 0 Å². The van der Waals surface area contributed by atoms with Gasteiger partial charge in [-0.25, -0.2) is 13.8 Å². The molecule has 1 aliphatic rings. The van der Waals surface area contributed by atoms with Crippen molar-refractivity contribution in [1.29, 1.82) is 0 Å². The molecule has 0 aromatic carbocycles. The second kappa shape index (κ2) is 4.62. The van der Waals surface area contributed by atoms with Crippen LogP contribution in [0.3, 0.4) is 0 Å². The number of hydrogen-bond donors (Lipinski definition) is 2. The molecule has 2 rings (SSSR count). The summed E-state index contributed by atoms with van der Waals surface area (Å²) in [4.78, 5) is 8.91. The Bertz CT molecular complexity index is 432. The lowest BCUT2D eigenvalue weighted by Crippen LogP contribution is -2.60. The number of alkyl halides is 2. The van der Waals surface area contributed by atoms with E-state index in [9.17, 15) is 13.9 Å². The summed E-state index contributed by atoms with van der Waals surface area (Å²) < 4.78 is 32.1. The van der Waals surface area contributed by atoms with E-state index in [4.69, 9.17) is 5.73 Å². The minimum absolute atomic E-state index is 0.0302. The summed E-state index contributed by atoms with van der Waals surface area (Å²) in [5, 5.41) is 9.67. The molecule has 1 aromatic rings. The Kier molecular flexibility index (Phi) is 3.31. The van der Waals surface area contributed by atoms with Gasteiger partial charge in [0.2, 0.25) is 5.95 Å². The zero-order chi connectivity index (χ0) is 13.3. The van der Waals surface area contributed by atoms with Crippen LogP contribution in [0, 0.1) is 0 Å². The van der Waals surface area contributed by atoms with Gasteiger partial charge < -0.3 is 20.5 Å². The lowest BCUT2D eigenvalue weighted by atomic mass is 10.0. The van der Waals surface area contributed by atoms with Crippen molar-refractivity contribution in [1.82, 2.24) is 9.97 Å². The molecule has 2 atom stereocenters. The molecule has 2 heterocycles.